The second-order valence-corrected chi connectivity index (χ2v) is 8.43. The molecule has 1 rings (SSSR count). The van der Waals surface area contributed by atoms with Crippen molar-refractivity contribution in [3.05, 3.63) is 28.7 Å². The minimum Gasteiger partial charge on any atom is -0.299 e. The summed E-state index contributed by atoms with van der Waals surface area (Å²) in [5, 5.41) is 0. The van der Waals surface area contributed by atoms with Gasteiger partial charge in [0.15, 0.2) is 0 Å². The van der Waals surface area contributed by atoms with Gasteiger partial charge in [0, 0.05) is 4.47 Å². The van der Waals surface area contributed by atoms with Gasteiger partial charge in [0.25, 0.3) is 10.0 Å². The summed E-state index contributed by atoms with van der Waals surface area (Å²) in [6.45, 7) is 1.93. The predicted molar refractivity (Wildman–Crippen MR) is 95.1 cm³/mol. The zero-order valence-corrected chi connectivity index (χ0v) is 17.5. The zero-order chi connectivity index (χ0) is 22.6. The molecule has 1 aromatic carbocycles. The summed E-state index contributed by atoms with van der Waals surface area (Å²) in [6, 6.07) is -2.50. The topological polar surface area (TPSA) is 78.5 Å². The van der Waals surface area contributed by atoms with E-state index < -0.39 is 58.2 Å². The number of carbonyl (C=O) groups is 1. The van der Waals surface area contributed by atoms with Crippen molar-refractivity contribution >= 4 is 32.0 Å². The molecule has 0 aliphatic carbocycles. The van der Waals surface area contributed by atoms with Gasteiger partial charge < -0.3 is 0 Å². The number of nitrogens with one attached hydrogen (secondary N) is 2. The van der Waals surface area contributed by atoms with Crippen molar-refractivity contribution < 1.29 is 39.6 Å². The number of amides is 2. The number of halogens is 7. The van der Waals surface area contributed by atoms with Crippen LogP contribution in [0.4, 0.5) is 31.1 Å². The van der Waals surface area contributed by atoms with Gasteiger partial charge in [0.05, 0.1) is 4.90 Å². The molecule has 1 aromatic rings. The molecular weight excluding hydrogens is 496 g/mol. The Morgan fingerprint density at radius 3 is 1.76 bits per heavy atom. The number of alkyl halides is 6. The first-order chi connectivity index (χ1) is 13.1. The highest BCUT2D eigenvalue weighted by molar-refractivity contribution is 9.10. The molecule has 2 N–H and O–H groups in total. The maximum atomic E-state index is 13.3. The third kappa shape index (κ3) is 6.74. The van der Waals surface area contributed by atoms with Crippen molar-refractivity contribution in [3.8, 4) is 0 Å². The number of hydrogen-bond acceptors (Lipinski definition) is 3. The van der Waals surface area contributed by atoms with E-state index in [2.05, 4.69) is 15.9 Å². The van der Waals surface area contributed by atoms with E-state index >= 15 is 0 Å². The fourth-order valence-corrected chi connectivity index (χ4v) is 3.62. The first-order valence-electron chi connectivity index (χ1n) is 8.14. The fraction of sp³-hybridized carbons (Fsp3) is 0.533. The van der Waals surface area contributed by atoms with Crippen LogP contribution in [0.5, 0.6) is 0 Å². The Kier molecular flexibility index (Phi) is 8.36. The van der Waals surface area contributed by atoms with Gasteiger partial charge in [-0.1, -0.05) is 29.8 Å². The van der Waals surface area contributed by atoms with E-state index in [0.29, 0.717) is 4.47 Å². The van der Waals surface area contributed by atoms with Gasteiger partial charge in [-0.3, -0.25) is 10.3 Å². The van der Waals surface area contributed by atoms with Crippen molar-refractivity contribution in [1.29, 1.82) is 0 Å². The molecule has 0 bridgehead atoms. The Labute approximate surface area is 171 Å². The third-order valence-corrected chi connectivity index (χ3v) is 5.64. The van der Waals surface area contributed by atoms with Crippen LogP contribution in [-0.4, -0.2) is 43.8 Å². The zero-order valence-electron chi connectivity index (χ0n) is 15.1. The molecule has 0 heterocycles. The van der Waals surface area contributed by atoms with E-state index in [-0.39, 0.29) is 4.90 Å². The van der Waals surface area contributed by atoms with Crippen LogP contribution in [-0.2, 0) is 10.0 Å². The van der Waals surface area contributed by atoms with Gasteiger partial charge in [-0.15, -0.1) is 4.83 Å². The van der Waals surface area contributed by atoms with Crippen LogP contribution in [0.3, 0.4) is 0 Å². The molecule has 0 saturated heterocycles. The molecule has 14 heteroatoms. The number of urea groups is 1. The second kappa shape index (κ2) is 9.51. The highest BCUT2D eigenvalue weighted by Gasteiger charge is 2.53. The summed E-state index contributed by atoms with van der Waals surface area (Å²) >= 11 is 3.07. The molecule has 2 unspecified atom stereocenters. The van der Waals surface area contributed by atoms with E-state index in [9.17, 15) is 39.6 Å². The van der Waals surface area contributed by atoms with Crippen LogP contribution in [0.2, 0.25) is 0 Å². The first-order valence-corrected chi connectivity index (χ1v) is 10.4. The van der Waals surface area contributed by atoms with Crippen LogP contribution in [0.25, 0.3) is 0 Å². The number of rotatable bonds is 7. The number of benzene rings is 1. The maximum absolute atomic E-state index is 13.3. The third-order valence-electron chi connectivity index (χ3n) is 3.85. The molecule has 0 radical (unpaired) electrons. The SMILES string of the molecule is CCC(N(C(=O)NNS(=O)(=O)c1ccc(Br)cc1)C(CC)C(F)(F)F)C(F)(F)F. The largest absolute Gasteiger partial charge is 0.408 e. The van der Waals surface area contributed by atoms with Crippen molar-refractivity contribution in [2.24, 2.45) is 0 Å². The highest BCUT2D eigenvalue weighted by atomic mass is 79.9. The van der Waals surface area contributed by atoms with E-state index in [4.69, 9.17) is 0 Å². The van der Waals surface area contributed by atoms with E-state index in [1.54, 1.807) is 0 Å². The number of sulfonamides is 1. The molecule has 0 aromatic heterocycles. The van der Waals surface area contributed by atoms with E-state index in [0.717, 1.165) is 26.0 Å². The molecule has 2 atom stereocenters. The van der Waals surface area contributed by atoms with Crippen LogP contribution in [0.15, 0.2) is 33.6 Å². The second-order valence-electron chi connectivity index (χ2n) is 5.83. The Bertz CT molecular complexity index is 777. The molecule has 166 valence electrons. The summed E-state index contributed by atoms with van der Waals surface area (Å²) in [5.41, 5.74) is 1.45. The Morgan fingerprint density at radius 1 is 1.00 bits per heavy atom. The fourth-order valence-electron chi connectivity index (χ4n) is 2.52. The van der Waals surface area contributed by atoms with Gasteiger partial charge in [0.1, 0.15) is 12.1 Å². The minimum atomic E-state index is -5.16. The van der Waals surface area contributed by atoms with Crippen molar-refractivity contribution in [2.75, 3.05) is 0 Å². The number of carbonyl (C=O) groups excluding carboxylic acids is 1. The lowest BCUT2D eigenvalue weighted by molar-refractivity contribution is -0.222. The average Bonchev–Trinajstić information content (AvgIpc) is 2.57. The van der Waals surface area contributed by atoms with Gasteiger partial charge in [-0.25, -0.2) is 13.2 Å². The van der Waals surface area contributed by atoms with Crippen LogP contribution < -0.4 is 10.3 Å². The van der Waals surface area contributed by atoms with Gasteiger partial charge in [0.2, 0.25) is 0 Å². The molecule has 2 amide bonds. The van der Waals surface area contributed by atoms with Crippen molar-refractivity contribution in [3.63, 3.8) is 0 Å². The van der Waals surface area contributed by atoms with E-state index in [1.165, 1.54) is 22.4 Å². The van der Waals surface area contributed by atoms with E-state index in [1.807, 2.05) is 0 Å². The average molecular weight is 514 g/mol. The normalized spacial score (nSPS) is 14.9. The minimum absolute atomic E-state index is 0.363. The Morgan fingerprint density at radius 2 is 1.41 bits per heavy atom. The Balaban J connectivity index is 3.18. The molecule has 29 heavy (non-hydrogen) atoms. The quantitative estimate of drug-likeness (QED) is 0.420. The number of nitrogens with zero attached hydrogens (tertiary/aromatic N) is 1. The van der Waals surface area contributed by atoms with Crippen LogP contribution in [0, 0.1) is 0 Å². The summed E-state index contributed by atoms with van der Waals surface area (Å²) in [4.78, 5) is 13.0. The first kappa shape index (κ1) is 25.5. The smallest absolute Gasteiger partial charge is 0.299 e. The number of hydrogen-bond donors (Lipinski definition) is 2. The summed E-state index contributed by atoms with van der Waals surface area (Å²) in [5.74, 6) is 0. The monoisotopic (exact) mass is 513 g/mol. The molecule has 0 spiro atoms. The summed E-state index contributed by atoms with van der Waals surface area (Å²) in [7, 11) is -4.43. The lowest BCUT2D eigenvalue weighted by Gasteiger charge is -2.38. The van der Waals surface area contributed by atoms with Crippen LogP contribution >= 0.6 is 15.9 Å². The Hall–Kier alpha value is -1.54. The van der Waals surface area contributed by atoms with Crippen LogP contribution in [0.1, 0.15) is 26.7 Å². The molecule has 6 nitrogen and oxygen atoms in total. The lowest BCUT2D eigenvalue weighted by Crippen LogP contribution is -2.62. The van der Waals surface area contributed by atoms with Gasteiger partial charge in [-0.05, 0) is 37.1 Å². The molecule has 0 aliphatic heterocycles. The predicted octanol–water partition coefficient (Wildman–Crippen LogP) is 4.34. The van der Waals surface area contributed by atoms with Crippen molar-refractivity contribution in [2.45, 2.75) is 56.0 Å². The molecule has 0 fully saturated rings. The lowest BCUT2D eigenvalue weighted by atomic mass is 10.1. The standard InChI is InChI=1S/C15H18BrF6N3O3S/c1-3-11(14(17,18)19)25(12(4-2)15(20,21)22)13(26)23-24-29(27,28)10-7-5-9(16)6-8-10/h5-8,11-12,24H,3-4H2,1-2H3,(H,23,26). The van der Waals surface area contributed by atoms with Crippen molar-refractivity contribution in [1.82, 2.24) is 15.2 Å². The summed E-state index contributed by atoms with van der Waals surface area (Å²) < 4.78 is 104. The molecular formula is C15H18BrF6N3O3S. The highest BCUT2D eigenvalue weighted by Crippen LogP contribution is 2.35. The van der Waals surface area contributed by atoms with Gasteiger partial charge >= 0.3 is 18.4 Å². The molecule has 0 aliphatic rings. The summed E-state index contributed by atoms with van der Waals surface area (Å²) in [6.07, 6.45) is -12.0. The maximum Gasteiger partial charge on any atom is 0.408 e. The number of hydrazine groups is 1. The van der Waals surface area contributed by atoms with Gasteiger partial charge in [-0.2, -0.15) is 26.3 Å². The molecule has 0 saturated carbocycles.